The number of aryl methyl sites for hydroxylation is 1. The number of hydrogen-bond acceptors (Lipinski definition) is 5. The maximum absolute atomic E-state index is 13.9. The van der Waals surface area contributed by atoms with Gasteiger partial charge in [-0.3, -0.25) is 9.10 Å². The van der Waals surface area contributed by atoms with Crippen LogP contribution in [-0.4, -0.2) is 27.4 Å². The summed E-state index contributed by atoms with van der Waals surface area (Å²) in [5.74, 6) is -1.05. The predicted octanol–water partition coefficient (Wildman–Crippen LogP) is 5.43. The number of para-hydroxylation sites is 1. The third kappa shape index (κ3) is 5.87. The van der Waals surface area contributed by atoms with Gasteiger partial charge in [0, 0.05) is 5.69 Å². The number of amides is 1. The van der Waals surface area contributed by atoms with Gasteiger partial charge < -0.3 is 10.1 Å². The van der Waals surface area contributed by atoms with Gasteiger partial charge in [-0.25, -0.2) is 13.2 Å². The molecule has 0 fully saturated rings. The van der Waals surface area contributed by atoms with Crippen molar-refractivity contribution in [3.05, 3.63) is 125 Å². The lowest BCUT2D eigenvalue weighted by atomic mass is 10.1. The highest BCUT2D eigenvalue weighted by molar-refractivity contribution is 7.92. The van der Waals surface area contributed by atoms with Crippen LogP contribution in [0.5, 0.6) is 0 Å². The molecule has 0 heterocycles. The van der Waals surface area contributed by atoms with E-state index in [0.29, 0.717) is 5.69 Å². The van der Waals surface area contributed by atoms with E-state index in [0.717, 1.165) is 11.1 Å². The number of anilines is 2. The van der Waals surface area contributed by atoms with E-state index in [1.165, 1.54) is 17.5 Å². The van der Waals surface area contributed by atoms with Crippen molar-refractivity contribution in [1.29, 1.82) is 0 Å². The summed E-state index contributed by atoms with van der Waals surface area (Å²) in [6.45, 7) is 1.91. The van der Waals surface area contributed by atoms with Gasteiger partial charge in [-0.2, -0.15) is 0 Å². The lowest BCUT2D eigenvalue weighted by molar-refractivity contribution is 0.0600. The van der Waals surface area contributed by atoms with E-state index in [9.17, 15) is 18.0 Å². The van der Waals surface area contributed by atoms with Gasteiger partial charge in [0.15, 0.2) is 0 Å². The molecule has 0 aromatic heterocycles. The highest BCUT2D eigenvalue weighted by Crippen LogP contribution is 2.30. The molecular weight excluding hydrogens is 488 g/mol. The molecule has 0 aliphatic rings. The molecule has 0 saturated carbocycles. The molecule has 0 spiro atoms. The van der Waals surface area contributed by atoms with Crippen molar-refractivity contribution in [3.8, 4) is 0 Å². The molecule has 4 aromatic rings. The van der Waals surface area contributed by atoms with E-state index in [4.69, 9.17) is 4.74 Å². The second-order valence-electron chi connectivity index (χ2n) is 8.35. The first-order chi connectivity index (χ1) is 17.8. The van der Waals surface area contributed by atoms with Gasteiger partial charge in [0.25, 0.3) is 15.9 Å². The number of esters is 1. The van der Waals surface area contributed by atoms with Crippen LogP contribution in [0, 0.1) is 6.92 Å². The van der Waals surface area contributed by atoms with Gasteiger partial charge in [0.05, 0.1) is 35.4 Å². The number of carbonyl (C=O) groups is 2. The summed E-state index contributed by atoms with van der Waals surface area (Å²) in [4.78, 5) is 25.4. The Kier molecular flexibility index (Phi) is 7.69. The fourth-order valence-electron chi connectivity index (χ4n) is 3.81. The van der Waals surface area contributed by atoms with Crippen molar-refractivity contribution in [3.63, 3.8) is 0 Å². The third-order valence-electron chi connectivity index (χ3n) is 5.74. The van der Waals surface area contributed by atoms with Gasteiger partial charge in [0.2, 0.25) is 0 Å². The summed E-state index contributed by atoms with van der Waals surface area (Å²) in [6.07, 6.45) is 0. The normalized spacial score (nSPS) is 11.0. The zero-order valence-corrected chi connectivity index (χ0v) is 21.2. The molecule has 0 aliphatic carbocycles. The Hall–Kier alpha value is -4.43. The Bertz CT molecular complexity index is 1520. The molecule has 37 heavy (non-hydrogen) atoms. The molecule has 4 rings (SSSR count). The summed E-state index contributed by atoms with van der Waals surface area (Å²) in [5.41, 5.74) is 2.74. The van der Waals surface area contributed by atoms with E-state index in [2.05, 4.69) is 5.32 Å². The molecule has 0 atom stereocenters. The molecule has 0 unspecified atom stereocenters. The molecule has 7 nitrogen and oxygen atoms in total. The Morgan fingerprint density at radius 1 is 0.838 bits per heavy atom. The lowest BCUT2D eigenvalue weighted by Gasteiger charge is -2.26. The second-order valence-corrected chi connectivity index (χ2v) is 10.2. The van der Waals surface area contributed by atoms with Crippen LogP contribution in [0.4, 0.5) is 11.4 Å². The number of carbonyl (C=O) groups excluding carboxylic acids is 2. The first-order valence-electron chi connectivity index (χ1n) is 11.5. The van der Waals surface area contributed by atoms with Crippen LogP contribution in [0.1, 0.15) is 31.8 Å². The standard InChI is InChI=1S/C29H26N2O5S/c1-21-15-17-25(18-16-21)37(34,35)31(20-22-9-4-3-5-10-22)27-14-7-6-13-26(27)28(32)30-24-12-8-11-23(19-24)29(33)36-2/h3-19H,20H2,1-2H3,(H,30,32). The van der Waals surface area contributed by atoms with Crippen molar-refractivity contribution in [1.82, 2.24) is 0 Å². The quantitative estimate of drug-likeness (QED) is 0.317. The van der Waals surface area contributed by atoms with Crippen LogP contribution in [-0.2, 0) is 21.3 Å². The van der Waals surface area contributed by atoms with Crippen molar-refractivity contribution >= 4 is 33.3 Å². The van der Waals surface area contributed by atoms with E-state index in [1.807, 2.05) is 37.3 Å². The Balaban J connectivity index is 1.76. The zero-order valence-electron chi connectivity index (χ0n) is 20.4. The minimum Gasteiger partial charge on any atom is -0.465 e. The number of methoxy groups -OCH3 is 1. The maximum Gasteiger partial charge on any atom is 0.337 e. The molecular formula is C29H26N2O5S. The summed E-state index contributed by atoms with van der Waals surface area (Å²) >= 11 is 0. The molecule has 0 saturated heterocycles. The Labute approximate surface area is 216 Å². The van der Waals surface area contributed by atoms with Crippen LogP contribution in [0.3, 0.4) is 0 Å². The average Bonchev–Trinajstić information content (AvgIpc) is 2.92. The molecule has 188 valence electrons. The van der Waals surface area contributed by atoms with Crippen molar-refractivity contribution in [2.45, 2.75) is 18.4 Å². The lowest BCUT2D eigenvalue weighted by Crippen LogP contribution is -2.32. The monoisotopic (exact) mass is 514 g/mol. The molecule has 4 aromatic carbocycles. The number of hydrogen-bond donors (Lipinski definition) is 1. The first-order valence-corrected chi connectivity index (χ1v) is 13.0. The third-order valence-corrected chi connectivity index (χ3v) is 7.51. The van der Waals surface area contributed by atoms with Gasteiger partial charge in [0.1, 0.15) is 0 Å². The minimum atomic E-state index is -4.03. The van der Waals surface area contributed by atoms with Gasteiger partial charge in [-0.05, 0) is 55.0 Å². The van der Waals surface area contributed by atoms with Crippen molar-refractivity contribution < 1.29 is 22.7 Å². The highest BCUT2D eigenvalue weighted by atomic mass is 32.2. The van der Waals surface area contributed by atoms with E-state index in [-0.39, 0.29) is 28.3 Å². The van der Waals surface area contributed by atoms with Crippen LogP contribution in [0.15, 0.2) is 108 Å². The van der Waals surface area contributed by atoms with Crippen LogP contribution in [0.25, 0.3) is 0 Å². The number of nitrogens with one attached hydrogen (secondary N) is 1. The highest BCUT2D eigenvalue weighted by Gasteiger charge is 2.28. The van der Waals surface area contributed by atoms with E-state index >= 15 is 0 Å². The minimum absolute atomic E-state index is 0.0270. The number of rotatable bonds is 8. The van der Waals surface area contributed by atoms with E-state index in [1.54, 1.807) is 66.7 Å². The fraction of sp³-hybridized carbons (Fsp3) is 0.103. The fourth-order valence-corrected chi connectivity index (χ4v) is 5.28. The van der Waals surface area contributed by atoms with Gasteiger partial charge in [-0.15, -0.1) is 0 Å². The summed E-state index contributed by atoms with van der Waals surface area (Å²) in [7, 11) is -2.75. The average molecular weight is 515 g/mol. The van der Waals surface area contributed by atoms with Crippen molar-refractivity contribution in [2.75, 3.05) is 16.7 Å². The van der Waals surface area contributed by atoms with E-state index < -0.39 is 21.9 Å². The summed E-state index contributed by atoms with van der Waals surface area (Å²) in [5, 5.41) is 2.77. The van der Waals surface area contributed by atoms with Crippen molar-refractivity contribution in [2.24, 2.45) is 0 Å². The van der Waals surface area contributed by atoms with Gasteiger partial charge in [-0.1, -0.05) is 66.2 Å². The predicted molar refractivity (Wildman–Crippen MR) is 143 cm³/mol. The smallest absolute Gasteiger partial charge is 0.337 e. The molecule has 0 bridgehead atoms. The zero-order chi connectivity index (χ0) is 26.4. The van der Waals surface area contributed by atoms with Crippen LogP contribution < -0.4 is 9.62 Å². The topological polar surface area (TPSA) is 92.8 Å². The molecule has 0 aliphatic heterocycles. The summed E-state index contributed by atoms with van der Waals surface area (Å²) in [6, 6.07) is 28.6. The largest absolute Gasteiger partial charge is 0.465 e. The summed E-state index contributed by atoms with van der Waals surface area (Å²) < 4.78 is 33.7. The number of nitrogens with zero attached hydrogens (tertiary/aromatic N) is 1. The molecule has 8 heteroatoms. The maximum atomic E-state index is 13.9. The Morgan fingerprint density at radius 3 is 2.22 bits per heavy atom. The van der Waals surface area contributed by atoms with Crippen LogP contribution >= 0.6 is 0 Å². The molecule has 1 N–H and O–H groups in total. The molecule has 1 amide bonds. The number of ether oxygens (including phenoxy) is 1. The second kappa shape index (κ2) is 11.1. The number of benzene rings is 4. The SMILES string of the molecule is COC(=O)c1cccc(NC(=O)c2ccccc2N(Cc2ccccc2)S(=O)(=O)c2ccc(C)cc2)c1. The Morgan fingerprint density at radius 2 is 1.51 bits per heavy atom. The van der Waals surface area contributed by atoms with Crippen LogP contribution in [0.2, 0.25) is 0 Å². The molecule has 0 radical (unpaired) electrons. The number of sulfonamides is 1. The van der Waals surface area contributed by atoms with Gasteiger partial charge >= 0.3 is 5.97 Å². The first kappa shape index (κ1) is 25.7.